The van der Waals surface area contributed by atoms with Gasteiger partial charge >= 0.3 is 0 Å². The van der Waals surface area contributed by atoms with Gasteiger partial charge in [-0.05, 0) is 43.5 Å². The van der Waals surface area contributed by atoms with E-state index in [-0.39, 0.29) is 18.0 Å². The fraction of sp³-hybridized carbons (Fsp3) is 0.556. The van der Waals surface area contributed by atoms with Crippen LogP contribution >= 0.6 is 11.8 Å². The number of likely N-dealkylation sites (tertiary alicyclic amines) is 1. The molecule has 146 valence electrons. The number of tetrazole rings is 1. The minimum absolute atomic E-state index is 0.123. The van der Waals surface area contributed by atoms with Crippen molar-refractivity contribution in [2.45, 2.75) is 50.4 Å². The van der Waals surface area contributed by atoms with E-state index in [1.165, 1.54) is 18.2 Å². The van der Waals surface area contributed by atoms with E-state index in [1.54, 1.807) is 25.0 Å². The van der Waals surface area contributed by atoms with E-state index in [0.717, 1.165) is 12.8 Å². The first kappa shape index (κ1) is 19.5. The number of amides is 1. The Labute approximate surface area is 163 Å². The van der Waals surface area contributed by atoms with Gasteiger partial charge in [-0.2, -0.15) is 4.68 Å². The van der Waals surface area contributed by atoms with Gasteiger partial charge in [0.1, 0.15) is 11.5 Å². The number of ether oxygens (including phenoxy) is 2. The normalized spacial score (nSPS) is 19.8. The van der Waals surface area contributed by atoms with Crippen LogP contribution in [-0.4, -0.2) is 63.1 Å². The van der Waals surface area contributed by atoms with E-state index in [0.29, 0.717) is 28.1 Å². The number of hydrogen-bond acceptors (Lipinski definition) is 7. The largest absolute Gasteiger partial charge is 0.497 e. The van der Waals surface area contributed by atoms with Crippen LogP contribution in [-0.2, 0) is 4.79 Å². The Morgan fingerprint density at radius 2 is 1.78 bits per heavy atom. The van der Waals surface area contributed by atoms with Crippen molar-refractivity contribution < 1.29 is 14.3 Å². The Morgan fingerprint density at radius 1 is 1.15 bits per heavy atom. The second-order valence-corrected chi connectivity index (χ2v) is 7.61. The van der Waals surface area contributed by atoms with Gasteiger partial charge in [0.2, 0.25) is 11.1 Å². The van der Waals surface area contributed by atoms with Crippen molar-refractivity contribution in [3.8, 4) is 17.2 Å². The molecule has 0 aliphatic carbocycles. The third-order valence-corrected chi connectivity index (χ3v) is 5.73. The van der Waals surface area contributed by atoms with Gasteiger partial charge in [0.15, 0.2) is 0 Å². The second kappa shape index (κ2) is 8.60. The molecule has 0 bridgehead atoms. The zero-order valence-corrected chi connectivity index (χ0v) is 16.9. The standard InChI is InChI=1S/C18H25N5O3S/c1-12-6-5-7-13(2)22(12)17(24)11-27-18-19-20-21-23(18)14-8-15(25-3)10-16(9-14)26-4/h8-10,12-13H,5-7,11H2,1-4H3/t12-,13+. The molecule has 0 radical (unpaired) electrons. The van der Waals surface area contributed by atoms with Gasteiger partial charge in [-0.25, -0.2) is 0 Å². The van der Waals surface area contributed by atoms with Crippen molar-refractivity contribution in [3.05, 3.63) is 18.2 Å². The zero-order chi connectivity index (χ0) is 19.4. The molecule has 9 heteroatoms. The molecule has 3 rings (SSSR count). The van der Waals surface area contributed by atoms with Crippen molar-refractivity contribution in [2.75, 3.05) is 20.0 Å². The number of carbonyl (C=O) groups excluding carboxylic acids is 1. The van der Waals surface area contributed by atoms with E-state index >= 15 is 0 Å². The molecular formula is C18H25N5O3S. The minimum Gasteiger partial charge on any atom is -0.497 e. The topological polar surface area (TPSA) is 82.4 Å². The summed E-state index contributed by atoms with van der Waals surface area (Å²) < 4.78 is 12.2. The van der Waals surface area contributed by atoms with Crippen molar-refractivity contribution in [1.29, 1.82) is 0 Å². The predicted octanol–water partition coefficient (Wildman–Crippen LogP) is 2.56. The van der Waals surface area contributed by atoms with Crippen LogP contribution in [0.25, 0.3) is 5.69 Å². The first-order valence-corrected chi connectivity index (χ1v) is 9.97. The maximum atomic E-state index is 12.8. The summed E-state index contributed by atoms with van der Waals surface area (Å²) in [6.07, 6.45) is 3.29. The molecule has 27 heavy (non-hydrogen) atoms. The average molecular weight is 391 g/mol. The van der Waals surface area contributed by atoms with Gasteiger partial charge in [0.25, 0.3) is 0 Å². The Bertz CT molecular complexity index is 765. The fourth-order valence-electron chi connectivity index (χ4n) is 3.46. The Balaban J connectivity index is 1.75. The Morgan fingerprint density at radius 3 is 2.37 bits per heavy atom. The van der Waals surface area contributed by atoms with Crippen LogP contribution in [0.5, 0.6) is 11.5 Å². The molecule has 1 aromatic heterocycles. The number of benzene rings is 1. The van der Waals surface area contributed by atoms with Crippen molar-refractivity contribution in [3.63, 3.8) is 0 Å². The number of thioether (sulfide) groups is 1. The SMILES string of the molecule is COc1cc(OC)cc(-n2nnnc2SCC(=O)N2[C@H](C)CCC[C@@H]2C)c1. The third kappa shape index (κ3) is 4.35. The number of nitrogens with zero attached hydrogens (tertiary/aromatic N) is 5. The molecule has 1 aliphatic heterocycles. The van der Waals surface area contributed by atoms with E-state index in [2.05, 4.69) is 29.4 Å². The van der Waals surface area contributed by atoms with Crippen molar-refractivity contribution in [2.24, 2.45) is 0 Å². The number of carbonyl (C=O) groups is 1. The van der Waals surface area contributed by atoms with E-state index < -0.39 is 0 Å². The molecule has 2 heterocycles. The predicted molar refractivity (Wildman–Crippen MR) is 103 cm³/mol. The minimum atomic E-state index is 0.123. The van der Waals surface area contributed by atoms with Gasteiger partial charge in [-0.15, -0.1) is 5.10 Å². The lowest BCUT2D eigenvalue weighted by Crippen LogP contribution is -2.48. The number of piperidine rings is 1. The molecule has 0 N–H and O–H groups in total. The number of hydrogen-bond donors (Lipinski definition) is 0. The second-order valence-electron chi connectivity index (χ2n) is 6.66. The van der Waals surface area contributed by atoms with Gasteiger partial charge in [0, 0.05) is 30.3 Å². The molecule has 8 nitrogen and oxygen atoms in total. The summed E-state index contributed by atoms with van der Waals surface area (Å²) in [7, 11) is 3.18. The molecule has 1 amide bonds. The van der Waals surface area contributed by atoms with Crippen LogP contribution in [0.4, 0.5) is 0 Å². The Kier molecular flexibility index (Phi) is 6.20. The maximum Gasteiger partial charge on any atom is 0.233 e. The fourth-order valence-corrected chi connectivity index (χ4v) is 4.22. The smallest absolute Gasteiger partial charge is 0.233 e. The van der Waals surface area contributed by atoms with Crippen LogP contribution in [0.3, 0.4) is 0 Å². The molecule has 1 aliphatic rings. The number of methoxy groups -OCH3 is 2. The van der Waals surface area contributed by atoms with Crippen LogP contribution < -0.4 is 9.47 Å². The molecule has 2 aromatic rings. The summed E-state index contributed by atoms with van der Waals surface area (Å²) in [6.45, 7) is 4.23. The zero-order valence-electron chi connectivity index (χ0n) is 16.1. The summed E-state index contributed by atoms with van der Waals surface area (Å²) in [5.41, 5.74) is 0.714. The molecule has 1 aromatic carbocycles. The van der Waals surface area contributed by atoms with Crippen LogP contribution in [0, 0.1) is 0 Å². The van der Waals surface area contributed by atoms with Gasteiger partial charge in [-0.1, -0.05) is 11.8 Å². The van der Waals surface area contributed by atoms with Crippen molar-refractivity contribution in [1.82, 2.24) is 25.1 Å². The molecule has 0 unspecified atom stereocenters. The highest BCUT2D eigenvalue weighted by molar-refractivity contribution is 7.99. The summed E-state index contributed by atoms with van der Waals surface area (Å²) in [6, 6.07) is 5.98. The van der Waals surface area contributed by atoms with E-state index in [9.17, 15) is 4.79 Å². The molecule has 0 saturated carbocycles. The lowest BCUT2D eigenvalue weighted by Gasteiger charge is -2.39. The third-order valence-electron chi connectivity index (χ3n) is 4.83. The molecular weight excluding hydrogens is 366 g/mol. The average Bonchev–Trinajstić information content (AvgIpc) is 3.14. The maximum absolute atomic E-state index is 12.8. The molecule has 1 fully saturated rings. The van der Waals surface area contributed by atoms with E-state index in [1.807, 2.05) is 17.0 Å². The highest BCUT2D eigenvalue weighted by Gasteiger charge is 2.29. The summed E-state index contributed by atoms with van der Waals surface area (Å²) >= 11 is 1.34. The van der Waals surface area contributed by atoms with E-state index in [4.69, 9.17) is 9.47 Å². The molecule has 0 spiro atoms. The van der Waals surface area contributed by atoms with Crippen LogP contribution in [0.15, 0.2) is 23.4 Å². The number of rotatable bonds is 6. The van der Waals surface area contributed by atoms with Crippen molar-refractivity contribution >= 4 is 17.7 Å². The number of aromatic nitrogens is 4. The lowest BCUT2D eigenvalue weighted by atomic mass is 9.98. The summed E-state index contributed by atoms with van der Waals surface area (Å²) in [4.78, 5) is 14.7. The Hall–Kier alpha value is -2.29. The van der Waals surface area contributed by atoms with Gasteiger partial charge in [0.05, 0.1) is 25.7 Å². The quantitative estimate of drug-likeness (QED) is 0.700. The van der Waals surface area contributed by atoms with Gasteiger partial charge in [-0.3, -0.25) is 4.79 Å². The first-order valence-electron chi connectivity index (χ1n) is 8.99. The van der Waals surface area contributed by atoms with Crippen LogP contribution in [0.1, 0.15) is 33.1 Å². The highest BCUT2D eigenvalue weighted by atomic mass is 32.2. The van der Waals surface area contributed by atoms with Crippen LogP contribution in [0.2, 0.25) is 0 Å². The lowest BCUT2D eigenvalue weighted by molar-refractivity contribution is -0.134. The highest BCUT2D eigenvalue weighted by Crippen LogP contribution is 2.28. The van der Waals surface area contributed by atoms with Gasteiger partial charge < -0.3 is 14.4 Å². The summed E-state index contributed by atoms with van der Waals surface area (Å²) in [5.74, 6) is 1.71. The molecule has 1 saturated heterocycles. The summed E-state index contributed by atoms with van der Waals surface area (Å²) in [5, 5.41) is 12.4. The molecule has 2 atom stereocenters. The first-order chi connectivity index (χ1) is 13.0. The monoisotopic (exact) mass is 391 g/mol.